The van der Waals surface area contributed by atoms with Crippen LogP contribution in [0.15, 0.2) is 22.7 Å². The van der Waals surface area contributed by atoms with E-state index in [9.17, 15) is 0 Å². The number of benzene rings is 1. The number of likely N-dealkylation sites (N-methyl/N-ethyl adjacent to an activating group) is 1. The maximum absolute atomic E-state index is 3.57. The smallest absolute Gasteiger partial charge is 0.0440 e. The lowest BCUT2D eigenvalue weighted by Gasteiger charge is -2.44. The Balaban J connectivity index is 2.04. The molecule has 0 radical (unpaired) electrons. The molecule has 1 fully saturated rings. The minimum Gasteiger partial charge on any atom is -0.368 e. The van der Waals surface area contributed by atoms with Gasteiger partial charge in [0.05, 0.1) is 0 Å². The topological polar surface area (TPSA) is 6.48 Å². The van der Waals surface area contributed by atoms with Crippen LogP contribution in [-0.4, -0.2) is 38.1 Å². The van der Waals surface area contributed by atoms with Gasteiger partial charge in [0.2, 0.25) is 0 Å². The Morgan fingerprint density at radius 1 is 1.33 bits per heavy atom. The number of nitrogens with zero attached hydrogens (tertiary/aromatic N) is 2. The van der Waals surface area contributed by atoms with Crippen LogP contribution in [0, 0.1) is 6.92 Å². The molecule has 0 bridgehead atoms. The van der Waals surface area contributed by atoms with Gasteiger partial charge in [-0.15, -0.1) is 0 Å². The average Bonchev–Trinajstić information content (AvgIpc) is 2.08. The van der Waals surface area contributed by atoms with Crippen LogP contribution in [0.25, 0.3) is 0 Å². The van der Waals surface area contributed by atoms with Crippen LogP contribution in [0.3, 0.4) is 0 Å². The highest BCUT2D eigenvalue weighted by Crippen LogP contribution is 2.27. The number of rotatable bonds is 2. The van der Waals surface area contributed by atoms with Crippen LogP contribution < -0.4 is 4.90 Å². The number of hydrogen-bond acceptors (Lipinski definition) is 2. The van der Waals surface area contributed by atoms with Gasteiger partial charge in [-0.2, -0.15) is 0 Å². The Morgan fingerprint density at radius 2 is 2.00 bits per heavy atom. The SMILES string of the molecule is Cc1ccc(N2CC(N(C)C)C2)cc1Br. The molecule has 3 heteroatoms. The van der Waals surface area contributed by atoms with Gasteiger partial charge in [0.25, 0.3) is 0 Å². The molecule has 0 atom stereocenters. The van der Waals surface area contributed by atoms with Gasteiger partial charge < -0.3 is 9.80 Å². The van der Waals surface area contributed by atoms with Crippen molar-refractivity contribution in [2.24, 2.45) is 0 Å². The highest BCUT2D eigenvalue weighted by Gasteiger charge is 2.28. The number of halogens is 1. The molecule has 1 aliphatic rings. The first-order valence-electron chi connectivity index (χ1n) is 5.25. The van der Waals surface area contributed by atoms with Crippen LogP contribution in [0.5, 0.6) is 0 Å². The number of anilines is 1. The van der Waals surface area contributed by atoms with E-state index in [1.165, 1.54) is 15.7 Å². The normalized spacial score (nSPS) is 17.0. The summed E-state index contributed by atoms with van der Waals surface area (Å²) in [5.74, 6) is 0. The molecule has 1 heterocycles. The summed E-state index contributed by atoms with van der Waals surface area (Å²) in [5, 5.41) is 0. The van der Waals surface area contributed by atoms with E-state index in [1.807, 2.05) is 0 Å². The van der Waals surface area contributed by atoms with Gasteiger partial charge in [-0.05, 0) is 38.7 Å². The highest BCUT2D eigenvalue weighted by atomic mass is 79.9. The first-order valence-corrected chi connectivity index (χ1v) is 6.05. The van der Waals surface area contributed by atoms with Crippen molar-refractivity contribution in [1.29, 1.82) is 0 Å². The molecule has 0 aliphatic carbocycles. The summed E-state index contributed by atoms with van der Waals surface area (Å²) < 4.78 is 1.20. The summed E-state index contributed by atoms with van der Waals surface area (Å²) in [6.45, 7) is 4.40. The Kier molecular flexibility index (Phi) is 3.03. The van der Waals surface area contributed by atoms with Crippen LogP contribution >= 0.6 is 15.9 Å². The van der Waals surface area contributed by atoms with Crippen LogP contribution in [0.4, 0.5) is 5.69 Å². The van der Waals surface area contributed by atoms with Crippen molar-refractivity contribution in [2.45, 2.75) is 13.0 Å². The number of aryl methyl sites for hydroxylation is 1. The number of hydrogen-bond donors (Lipinski definition) is 0. The second-order valence-electron chi connectivity index (χ2n) is 4.46. The van der Waals surface area contributed by atoms with E-state index in [4.69, 9.17) is 0 Å². The molecule has 2 rings (SSSR count). The lowest BCUT2D eigenvalue weighted by atomic mass is 10.1. The van der Waals surface area contributed by atoms with Crippen LogP contribution in [-0.2, 0) is 0 Å². The molecule has 15 heavy (non-hydrogen) atoms. The van der Waals surface area contributed by atoms with Crippen molar-refractivity contribution in [2.75, 3.05) is 32.1 Å². The molecule has 2 nitrogen and oxygen atoms in total. The molecule has 0 aromatic heterocycles. The Labute approximate surface area is 100 Å². The maximum atomic E-state index is 3.57. The molecule has 0 saturated carbocycles. The van der Waals surface area contributed by atoms with Crippen LogP contribution in [0.2, 0.25) is 0 Å². The molecular weight excluding hydrogens is 252 g/mol. The predicted octanol–water partition coefficient (Wildman–Crippen LogP) is 2.51. The third-order valence-corrected chi connectivity index (χ3v) is 3.97. The highest BCUT2D eigenvalue weighted by molar-refractivity contribution is 9.10. The Bertz CT molecular complexity index is 357. The molecule has 1 aromatic carbocycles. The third kappa shape index (κ3) is 2.18. The Hall–Kier alpha value is -0.540. The predicted molar refractivity (Wildman–Crippen MR) is 68.6 cm³/mol. The fourth-order valence-electron chi connectivity index (χ4n) is 1.77. The zero-order valence-electron chi connectivity index (χ0n) is 9.50. The monoisotopic (exact) mass is 268 g/mol. The van der Waals surface area contributed by atoms with Gasteiger partial charge in [0.1, 0.15) is 0 Å². The first kappa shape index (κ1) is 11.0. The molecule has 1 aromatic rings. The summed E-state index contributed by atoms with van der Waals surface area (Å²) in [5.41, 5.74) is 2.62. The van der Waals surface area contributed by atoms with Gasteiger partial charge in [-0.1, -0.05) is 22.0 Å². The third-order valence-electron chi connectivity index (χ3n) is 3.11. The summed E-state index contributed by atoms with van der Waals surface area (Å²) >= 11 is 3.57. The van der Waals surface area contributed by atoms with Crippen LogP contribution in [0.1, 0.15) is 5.56 Å². The summed E-state index contributed by atoms with van der Waals surface area (Å²) in [6.07, 6.45) is 0. The van der Waals surface area contributed by atoms with Gasteiger partial charge in [-0.25, -0.2) is 0 Å². The van der Waals surface area contributed by atoms with E-state index in [0.29, 0.717) is 6.04 Å². The van der Waals surface area contributed by atoms with Gasteiger partial charge >= 0.3 is 0 Å². The van der Waals surface area contributed by atoms with Crippen molar-refractivity contribution >= 4 is 21.6 Å². The van der Waals surface area contributed by atoms with E-state index in [2.05, 4.69) is 64.9 Å². The summed E-state index contributed by atoms with van der Waals surface area (Å²) in [6, 6.07) is 7.29. The van der Waals surface area contributed by atoms with Gasteiger partial charge in [-0.3, -0.25) is 0 Å². The van der Waals surface area contributed by atoms with Crippen molar-refractivity contribution in [3.8, 4) is 0 Å². The summed E-state index contributed by atoms with van der Waals surface area (Å²) in [4.78, 5) is 4.70. The quantitative estimate of drug-likeness (QED) is 0.814. The van der Waals surface area contributed by atoms with Gasteiger partial charge in [0.15, 0.2) is 0 Å². The standard InChI is InChI=1S/C12H17BrN2/c1-9-4-5-10(6-12(9)13)15-7-11(8-15)14(2)3/h4-6,11H,7-8H2,1-3H3. The Morgan fingerprint density at radius 3 is 2.53 bits per heavy atom. The molecule has 0 amide bonds. The minimum absolute atomic E-state index is 0.713. The van der Waals surface area contributed by atoms with E-state index in [-0.39, 0.29) is 0 Å². The van der Waals surface area contributed by atoms with Crippen molar-refractivity contribution in [3.05, 3.63) is 28.2 Å². The molecule has 0 N–H and O–H groups in total. The van der Waals surface area contributed by atoms with Crippen molar-refractivity contribution < 1.29 is 0 Å². The molecule has 1 saturated heterocycles. The van der Waals surface area contributed by atoms with Gasteiger partial charge in [0, 0.05) is 29.3 Å². The molecule has 1 aliphatic heterocycles. The van der Waals surface area contributed by atoms with Crippen molar-refractivity contribution in [1.82, 2.24) is 4.90 Å². The molecular formula is C12H17BrN2. The van der Waals surface area contributed by atoms with E-state index < -0.39 is 0 Å². The lowest BCUT2D eigenvalue weighted by Crippen LogP contribution is -2.57. The first-order chi connectivity index (χ1) is 7.08. The zero-order valence-corrected chi connectivity index (χ0v) is 11.1. The second-order valence-corrected chi connectivity index (χ2v) is 5.31. The average molecular weight is 269 g/mol. The lowest BCUT2D eigenvalue weighted by molar-refractivity contribution is 0.247. The fourth-order valence-corrected chi connectivity index (χ4v) is 2.14. The minimum atomic E-state index is 0.713. The molecule has 82 valence electrons. The maximum Gasteiger partial charge on any atom is 0.0440 e. The van der Waals surface area contributed by atoms with E-state index in [0.717, 1.165) is 13.1 Å². The second kappa shape index (κ2) is 4.14. The molecule has 0 unspecified atom stereocenters. The summed E-state index contributed by atoms with van der Waals surface area (Å²) in [7, 11) is 4.29. The van der Waals surface area contributed by atoms with E-state index >= 15 is 0 Å². The fraction of sp³-hybridized carbons (Fsp3) is 0.500. The largest absolute Gasteiger partial charge is 0.368 e. The zero-order chi connectivity index (χ0) is 11.0. The van der Waals surface area contributed by atoms with E-state index in [1.54, 1.807) is 0 Å². The van der Waals surface area contributed by atoms with Crippen molar-refractivity contribution in [3.63, 3.8) is 0 Å². The molecule has 0 spiro atoms.